The molecule has 0 aliphatic rings. The molecular formula is C16H22N2O5S. The van der Waals surface area contributed by atoms with Crippen LogP contribution in [-0.2, 0) is 24.3 Å². The van der Waals surface area contributed by atoms with Crippen LogP contribution in [0.25, 0.3) is 0 Å². The summed E-state index contributed by atoms with van der Waals surface area (Å²) in [5, 5.41) is 2.50. The molecule has 1 atom stereocenters. The van der Waals surface area contributed by atoms with E-state index in [2.05, 4.69) is 16.6 Å². The Balaban J connectivity index is 2.43. The second kappa shape index (κ2) is 9.19. The van der Waals surface area contributed by atoms with Crippen LogP contribution in [0.1, 0.15) is 18.9 Å². The van der Waals surface area contributed by atoms with Gasteiger partial charge >= 0.3 is 5.97 Å². The van der Waals surface area contributed by atoms with Crippen LogP contribution >= 0.6 is 0 Å². The Hall–Kier alpha value is -2.19. The van der Waals surface area contributed by atoms with Crippen molar-refractivity contribution in [1.29, 1.82) is 0 Å². The molecule has 0 fully saturated rings. The second-order valence-corrected chi connectivity index (χ2v) is 6.89. The van der Waals surface area contributed by atoms with E-state index in [1.807, 2.05) is 6.92 Å². The number of sulfonamides is 1. The van der Waals surface area contributed by atoms with Crippen molar-refractivity contribution < 1.29 is 22.7 Å². The van der Waals surface area contributed by atoms with Crippen LogP contribution in [0.4, 0.5) is 0 Å². The highest BCUT2D eigenvalue weighted by Gasteiger charge is 2.18. The minimum atomic E-state index is -3.68. The number of hydrogen-bond acceptors (Lipinski definition) is 5. The predicted molar refractivity (Wildman–Crippen MR) is 89.7 cm³/mol. The van der Waals surface area contributed by atoms with Gasteiger partial charge in [-0.2, -0.15) is 0 Å². The highest BCUT2D eigenvalue weighted by Crippen LogP contribution is 2.09. The Morgan fingerprint density at radius 2 is 1.92 bits per heavy atom. The smallest absolute Gasteiger partial charge is 0.307 e. The van der Waals surface area contributed by atoms with Gasteiger partial charge < -0.3 is 10.1 Å². The largest absolute Gasteiger partial charge is 0.453 e. The fourth-order valence-electron chi connectivity index (χ4n) is 1.71. The van der Waals surface area contributed by atoms with Crippen LogP contribution in [0.2, 0.25) is 0 Å². The molecule has 0 aliphatic heterocycles. The topological polar surface area (TPSA) is 102 Å². The highest BCUT2D eigenvalue weighted by atomic mass is 32.2. The van der Waals surface area contributed by atoms with E-state index in [9.17, 15) is 18.0 Å². The third-order valence-corrected chi connectivity index (χ3v) is 4.53. The van der Waals surface area contributed by atoms with Crippen LogP contribution < -0.4 is 10.0 Å². The molecule has 132 valence electrons. The van der Waals surface area contributed by atoms with Gasteiger partial charge in [0.05, 0.1) is 11.3 Å². The number of rotatable bonds is 9. The fourth-order valence-corrected chi connectivity index (χ4v) is 2.75. The number of hydrogen-bond donors (Lipinski definition) is 2. The van der Waals surface area contributed by atoms with Crippen LogP contribution in [0, 0.1) is 6.92 Å². The highest BCUT2D eigenvalue weighted by molar-refractivity contribution is 7.89. The van der Waals surface area contributed by atoms with Crippen molar-refractivity contribution >= 4 is 21.9 Å². The monoisotopic (exact) mass is 354 g/mol. The number of aryl methyl sites for hydroxylation is 1. The number of esters is 1. The molecule has 0 aromatic heterocycles. The average Bonchev–Trinajstić information content (AvgIpc) is 2.52. The molecule has 0 saturated heterocycles. The van der Waals surface area contributed by atoms with E-state index in [0.717, 1.165) is 5.56 Å². The van der Waals surface area contributed by atoms with Gasteiger partial charge in [0, 0.05) is 13.1 Å². The normalized spacial score (nSPS) is 12.2. The van der Waals surface area contributed by atoms with Crippen LogP contribution in [-0.4, -0.2) is 39.5 Å². The summed E-state index contributed by atoms with van der Waals surface area (Å²) in [6.45, 7) is 6.91. The molecule has 8 heteroatoms. The molecule has 24 heavy (non-hydrogen) atoms. The zero-order valence-electron chi connectivity index (χ0n) is 13.7. The molecule has 0 unspecified atom stereocenters. The number of benzene rings is 1. The van der Waals surface area contributed by atoms with Gasteiger partial charge in [0.1, 0.15) is 0 Å². The van der Waals surface area contributed by atoms with E-state index in [1.165, 1.54) is 25.1 Å². The van der Waals surface area contributed by atoms with Gasteiger partial charge in [0.15, 0.2) is 6.10 Å². The van der Waals surface area contributed by atoms with E-state index in [4.69, 9.17) is 4.74 Å². The van der Waals surface area contributed by atoms with Gasteiger partial charge in [0.2, 0.25) is 10.0 Å². The maximum Gasteiger partial charge on any atom is 0.307 e. The van der Waals surface area contributed by atoms with Gasteiger partial charge in [-0.1, -0.05) is 23.8 Å². The van der Waals surface area contributed by atoms with Crippen LogP contribution in [0.15, 0.2) is 41.8 Å². The molecule has 2 N–H and O–H groups in total. The molecule has 0 saturated carbocycles. The zero-order chi connectivity index (χ0) is 18.2. The van der Waals surface area contributed by atoms with Crippen molar-refractivity contribution in [2.45, 2.75) is 31.3 Å². The van der Waals surface area contributed by atoms with Gasteiger partial charge in [0.25, 0.3) is 5.91 Å². The number of ether oxygens (including phenoxy) is 1. The molecule has 0 spiro atoms. The van der Waals surface area contributed by atoms with Crippen molar-refractivity contribution in [3.8, 4) is 0 Å². The molecule has 0 aliphatic carbocycles. The molecule has 0 radical (unpaired) electrons. The maximum atomic E-state index is 12.0. The van der Waals surface area contributed by atoms with Crippen molar-refractivity contribution in [3.05, 3.63) is 42.5 Å². The first-order chi connectivity index (χ1) is 11.3. The number of amides is 1. The SMILES string of the molecule is C=CCNC(=O)[C@H](C)OC(=O)CCNS(=O)(=O)c1ccc(C)cc1. The van der Waals surface area contributed by atoms with Crippen molar-refractivity contribution in [2.24, 2.45) is 0 Å². The summed E-state index contributed by atoms with van der Waals surface area (Å²) < 4.78 is 31.3. The van der Waals surface area contributed by atoms with Crippen molar-refractivity contribution in [1.82, 2.24) is 10.0 Å². The standard InChI is InChI=1S/C16H22N2O5S/c1-4-10-17-16(20)13(3)23-15(19)9-11-18-24(21,22)14-7-5-12(2)6-8-14/h4-8,13,18H,1,9-11H2,2-3H3,(H,17,20)/t13-/m0/s1. The molecule has 7 nitrogen and oxygen atoms in total. The van der Waals surface area contributed by atoms with E-state index >= 15 is 0 Å². The zero-order valence-corrected chi connectivity index (χ0v) is 14.6. The molecular weight excluding hydrogens is 332 g/mol. The summed E-state index contributed by atoms with van der Waals surface area (Å²) in [5.74, 6) is -1.11. The first-order valence-corrected chi connectivity index (χ1v) is 8.89. The van der Waals surface area contributed by atoms with Crippen molar-refractivity contribution in [3.63, 3.8) is 0 Å². The lowest BCUT2D eigenvalue weighted by Gasteiger charge is -2.13. The first kappa shape index (κ1) is 19.9. The van der Waals surface area contributed by atoms with E-state index < -0.39 is 28.0 Å². The average molecular weight is 354 g/mol. The summed E-state index contributed by atoms with van der Waals surface area (Å²) in [6.07, 6.45) is 0.377. The van der Waals surface area contributed by atoms with E-state index in [0.29, 0.717) is 0 Å². The van der Waals surface area contributed by atoms with Crippen molar-refractivity contribution in [2.75, 3.05) is 13.1 Å². The summed E-state index contributed by atoms with van der Waals surface area (Å²) in [5.41, 5.74) is 0.946. The Labute approximate surface area is 142 Å². The molecule has 1 amide bonds. The third-order valence-electron chi connectivity index (χ3n) is 3.05. The lowest BCUT2D eigenvalue weighted by atomic mass is 10.2. The van der Waals surface area contributed by atoms with Gasteiger partial charge in [-0.15, -0.1) is 6.58 Å². The summed E-state index contributed by atoms with van der Waals surface area (Å²) in [7, 11) is -3.68. The number of carbonyl (C=O) groups excluding carboxylic acids is 2. The summed E-state index contributed by atoms with van der Waals surface area (Å²) in [4.78, 5) is 23.3. The molecule has 1 rings (SSSR count). The van der Waals surface area contributed by atoms with Gasteiger partial charge in [-0.25, -0.2) is 13.1 Å². The maximum absolute atomic E-state index is 12.0. The molecule has 1 aromatic carbocycles. The molecule has 0 bridgehead atoms. The lowest BCUT2D eigenvalue weighted by Crippen LogP contribution is -2.36. The van der Waals surface area contributed by atoms with Crippen LogP contribution in [0.5, 0.6) is 0 Å². The minimum Gasteiger partial charge on any atom is -0.453 e. The molecule has 1 aromatic rings. The Kier molecular flexibility index (Phi) is 7.60. The minimum absolute atomic E-state index is 0.115. The Bertz CT molecular complexity index is 683. The summed E-state index contributed by atoms with van der Waals surface area (Å²) >= 11 is 0. The Morgan fingerprint density at radius 3 is 2.50 bits per heavy atom. The molecule has 0 heterocycles. The first-order valence-electron chi connectivity index (χ1n) is 7.40. The quantitative estimate of drug-likeness (QED) is 0.507. The Morgan fingerprint density at radius 1 is 1.29 bits per heavy atom. The fraction of sp³-hybridized carbons (Fsp3) is 0.375. The second-order valence-electron chi connectivity index (χ2n) is 5.13. The van der Waals surface area contributed by atoms with E-state index in [-0.39, 0.29) is 24.4 Å². The van der Waals surface area contributed by atoms with E-state index in [1.54, 1.807) is 12.1 Å². The van der Waals surface area contributed by atoms with Crippen LogP contribution in [0.3, 0.4) is 0 Å². The third kappa shape index (κ3) is 6.51. The number of carbonyl (C=O) groups is 2. The summed E-state index contributed by atoms with van der Waals surface area (Å²) in [6, 6.07) is 6.35. The lowest BCUT2D eigenvalue weighted by molar-refractivity contribution is -0.154. The number of nitrogens with one attached hydrogen (secondary N) is 2. The predicted octanol–water partition coefficient (Wildman–Crippen LogP) is 0.897. The van der Waals surface area contributed by atoms with Gasteiger partial charge in [-0.05, 0) is 26.0 Å². The van der Waals surface area contributed by atoms with Gasteiger partial charge in [-0.3, -0.25) is 9.59 Å².